The summed E-state index contributed by atoms with van der Waals surface area (Å²) in [6.07, 6.45) is 4.24. The van der Waals surface area contributed by atoms with Crippen molar-refractivity contribution in [2.24, 2.45) is 0 Å². The third-order valence-electron chi connectivity index (χ3n) is 2.11. The van der Waals surface area contributed by atoms with E-state index in [0.717, 1.165) is 13.1 Å². The van der Waals surface area contributed by atoms with Gasteiger partial charge in [-0.15, -0.1) is 0 Å². The smallest absolute Gasteiger partial charge is 0.221 e. The van der Waals surface area contributed by atoms with Crippen molar-refractivity contribution in [1.29, 1.82) is 0 Å². The van der Waals surface area contributed by atoms with Gasteiger partial charge in [0, 0.05) is 26.6 Å². The lowest BCUT2D eigenvalue weighted by Crippen LogP contribution is -2.30. The van der Waals surface area contributed by atoms with Crippen LogP contribution in [0, 0.1) is 0 Å². The Hall–Kier alpha value is -0.610. The second kappa shape index (κ2) is 11.5. The van der Waals surface area contributed by atoms with Crippen LogP contribution in [0.1, 0.15) is 32.6 Å². The molecule has 0 aliphatic rings. The minimum Gasteiger partial charge on any atom is -0.383 e. The van der Waals surface area contributed by atoms with Gasteiger partial charge in [-0.1, -0.05) is 19.8 Å². The Labute approximate surface area is 92.8 Å². The molecule has 0 rings (SSSR count). The fourth-order valence-corrected chi connectivity index (χ4v) is 1.21. The summed E-state index contributed by atoms with van der Waals surface area (Å²) in [4.78, 5) is 11.2. The molecule has 0 saturated carbocycles. The third kappa shape index (κ3) is 11.3. The molecule has 0 aliphatic carbocycles. The van der Waals surface area contributed by atoms with E-state index in [2.05, 4.69) is 17.6 Å². The highest BCUT2D eigenvalue weighted by Gasteiger charge is 1.98. The molecule has 0 heterocycles. The zero-order chi connectivity index (χ0) is 11.4. The molecule has 0 aromatic heterocycles. The summed E-state index contributed by atoms with van der Waals surface area (Å²) < 4.78 is 4.83. The maximum Gasteiger partial charge on any atom is 0.221 e. The fraction of sp³-hybridized carbons (Fsp3) is 0.909. The fourth-order valence-electron chi connectivity index (χ4n) is 1.21. The quantitative estimate of drug-likeness (QED) is 0.534. The highest BCUT2D eigenvalue weighted by atomic mass is 16.5. The van der Waals surface area contributed by atoms with E-state index >= 15 is 0 Å². The highest BCUT2D eigenvalue weighted by molar-refractivity contribution is 5.75. The first kappa shape index (κ1) is 14.4. The Morgan fingerprint density at radius 2 is 2.00 bits per heavy atom. The summed E-state index contributed by atoms with van der Waals surface area (Å²) >= 11 is 0. The number of hydrogen-bond donors (Lipinski definition) is 2. The molecule has 1 amide bonds. The van der Waals surface area contributed by atoms with Crippen LogP contribution >= 0.6 is 0 Å². The summed E-state index contributed by atoms with van der Waals surface area (Å²) in [5, 5.41) is 6.03. The molecule has 0 unspecified atom stereocenters. The number of carbonyl (C=O) groups excluding carboxylic acids is 1. The largest absolute Gasteiger partial charge is 0.383 e. The first-order chi connectivity index (χ1) is 7.31. The van der Waals surface area contributed by atoms with Crippen molar-refractivity contribution in [2.45, 2.75) is 32.6 Å². The molecule has 4 nitrogen and oxygen atoms in total. The molecule has 15 heavy (non-hydrogen) atoms. The van der Waals surface area contributed by atoms with E-state index in [-0.39, 0.29) is 5.91 Å². The second-order valence-corrected chi connectivity index (χ2v) is 3.55. The molecule has 4 heteroatoms. The van der Waals surface area contributed by atoms with E-state index in [9.17, 15) is 4.79 Å². The lowest BCUT2D eigenvalue weighted by molar-refractivity contribution is -0.121. The first-order valence-corrected chi connectivity index (χ1v) is 5.77. The molecule has 0 fully saturated rings. The Morgan fingerprint density at radius 1 is 1.20 bits per heavy atom. The number of rotatable bonds is 10. The molecule has 0 saturated heterocycles. The zero-order valence-corrected chi connectivity index (χ0v) is 9.97. The van der Waals surface area contributed by atoms with Gasteiger partial charge in [0.15, 0.2) is 0 Å². The molecule has 2 N–H and O–H groups in total. The number of amides is 1. The third-order valence-corrected chi connectivity index (χ3v) is 2.11. The maximum absolute atomic E-state index is 11.2. The Bertz CT molecular complexity index is 152. The van der Waals surface area contributed by atoms with Crippen LogP contribution in [-0.2, 0) is 9.53 Å². The molecule has 0 bridgehead atoms. The van der Waals surface area contributed by atoms with Crippen molar-refractivity contribution < 1.29 is 9.53 Å². The van der Waals surface area contributed by atoms with Crippen molar-refractivity contribution in [1.82, 2.24) is 10.6 Å². The maximum atomic E-state index is 11.2. The van der Waals surface area contributed by atoms with Crippen LogP contribution in [0.5, 0.6) is 0 Å². The van der Waals surface area contributed by atoms with E-state index in [4.69, 9.17) is 4.74 Å². The SMILES string of the molecule is CCCCCNCCC(=O)NCCOC. The average Bonchev–Trinajstić information content (AvgIpc) is 2.23. The molecular weight excluding hydrogens is 192 g/mol. The lowest BCUT2D eigenvalue weighted by atomic mass is 10.2. The van der Waals surface area contributed by atoms with Crippen LogP contribution < -0.4 is 10.6 Å². The van der Waals surface area contributed by atoms with Gasteiger partial charge in [-0.25, -0.2) is 0 Å². The zero-order valence-electron chi connectivity index (χ0n) is 9.97. The van der Waals surface area contributed by atoms with Crippen molar-refractivity contribution >= 4 is 5.91 Å². The van der Waals surface area contributed by atoms with E-state index in [1.807, 2.05) is 0 Å². The van der Waals surface area contributed by atoms with Crippen molar-refractivity contribution in [2.75, 3.05) is 33.4 Å². The molecule has 90 valence electrons. The molecule has 0 spiro atoms. The molecule has 0 aliphatic heterocycles. The lowest BCUT2D eigenvalue weighted by Gasteiger charge is -2.05. The predicted molar refractivity (Wildman–Crippen MR) is 61.9 cm³/mol. The number of hydrogen-bond acceptors (Lipinski definition) is 3. The molecule has 0 aromatic carbocycles. The van der Waals surface area contributed by atoms with Crippen molar-refractivity contribution in [3.63, 3.8) is 0 Å². The van der Waals surface area contributed by atoms with Gasteiger partial charge in [-0.05, 0) is 13.0 Å². The van der Waals surface area contributed by atoms with E-state index in [0.29, 0.717) is 19.6 Å². The summed E-state index contributed by atoms with van der Waals surface area (Å²) in [7, 11) is 1.63. The Balaban J connectivity index is 3.10. The van der Waals surface area contributed by atoms with Crippen LogP contribution in [0.3, 0.4) is 0 Å². The highest BCUT2D eigenvalue weighted by Crippen LogP contribution is 1.90. The predicted octanol–water partition coefficient (Wildman–Crippen LogP) is 0.919. The van der Waals surface area contributed by atoms with Crippen LogP contribution in [0.4, 0.5) is 0 Å². The Kier molecular flexibility index (Phi) is 11.0. The normalized spacial score (nSPS) is 10.3. The van der Waals surface area contributed by atoms with Gasteiger partial charge in [-0.2, -0.15) is 0 Å². The molecule has 0 atom stereocenters. The van der Waals surface area contributed by atoms with Crippen molar-refractivity contribution in [3.8, 4) is 0 Å². The number of nitrogens with one attached hydrogen (secondary N) is 2. The van der Waals surface area contributed by atoms with Gasteiger partial charge in [0.25, 0.3) is 0 Å². The van der Waals surface area contributed by atoms with E-state index < -0.39 is 0 Å². The van der Waals surface area contributed by atoms with Crippen LogP contribution in [0.2, 0.25) is 0 Å². The number of methoxy groups -OCH3 is 1. The summed E-state index contributed by atoms with van der Waals surface area (Å²) in [6.45, 7) is 5.14. The van der Waals surface area contributed by atoms with Crippen LogP contribution in [0.15, 0.2) is 0 Å². The monoisotopic (exact) mass is 216 g/mol. The first-order valence-electron chi connectivity index (χ1n) is 5.77. The second-order valence-electron chi connectivity index (χ2n) is 3.55. The summed E-state index contributed by atoms with van der Waals surface area (Å²) in [6, 6.07) is 0. The average molecular weight is 216 g/mol. The Morgan fingerprint density at radius 3 is 2.67 bits per heavy atom. The topological polar surface area (TPSA) is 50.4 Å². The molecule has 0 aromatic rings. The molecular formula is C11H24N2O2. The standard InChI is InChI=1S/C11H24N2O2/c1-3-4-5-7-12-8-6-11(14)13-9-10-15-2/h12H,3-10H2,1-2H3,(H,13,14). The number of unbranched alkanes of at least 4 members (excludes halogenated alkanes) is 2. The van der Waals surface area contributed by atoms with E-state index in [1.165, 1.54) is 19.3 Å². The van der Waals surface area contributed by atoms with Gasteiger partial charge < -0.3 is 15.4 Å². The van der Waals surface area contributed by atoms with Gasteiger partial charge >= 0.3 is 0 Å². The summed E-state index contributed by atoms with van der Waals surface area (Å²) in [5.41, 5.74) is 0. The van der Waals surface area contributed by atoms with Gasteiger partial charge in [0.05, 0.1) is 6.61 Å². The van der Waals surface area contributed by atoms with Crippen molar-refractivity contribution in [3.05, 3.63) is 0 Å². The van der Waals surface area contributed by atoms with Crippen LogP contribution in [0.25, 0.3) is 0 Å². The van der Waals surface area contributed by atoms with Gasteiger partial charge in [-0.3, -0.25) is 4.79 Å². The van der Waals surface area contributed by atoms with Gasteiger partial charge in [0.1, 0.15) is 0 Å². The minimum atomic E-state index is 0.0926. The van der Waals surface area contributed by atoms with E-state index in [1.54, 1.807) is 7.11 Å². The van der Waals surface area contributed by atoms with Gasteiger partial charge in [0.2, 0.25) is 5.91 Å². The molecule has 0 radical (unpaired) electrons. The summed E-state index contributed by atoms with van der Waals surface area (Å²) in [5.74, 6) is 0.0926. The number of carbonyl (C=O) groups is 1. The minimum absolute atomic E-state index is 0.0926. The number of ether oxygens (including phenoxy) is 1. The van der Waals surface area contributed by atoms with Crippen LogP contribution in [-0.4, -0.2) is 39.3 Å².